The molecule has 0 fully saturated rings. The number of anilines is 1. The molecule has 0 atom stereocenters. The average Bonchev–Trinajstić information content (AvgIpc) is 2.68. The molecule has 0 unspecified atom stereocenters. The summed E-state index contributed by atoms with van der Waals surface area (Å²) in [7, 11) is 1.51. The molecule has 9 heteroatoms. The van der Waals surface area contributed by atoms with E-state index in [0.717, 1.165) is 5.56 Å². The summed E-state index contributed by atoms with van der Waals surface area (Å²) in [4.78, 5) is 14.7. The number of H-pyrrole nitrogens is 1. The van der Waals surface area contributed by atoms with Gasteiger partial charge in [-0.3, -0.25) is 5.43 Å². The fraction of sp³-hybridized carbons (Fsp3) is 0.111. The largest absolute Gasteiger partial charge is 0.493 e. The molecule has 0 spiro atoms. The number of nitrogens with one attached hydrogen (secondary N) is 2. The standard InChI is InChI=1S/C18H16FN5O3/c1-26-16-8-12(9-20-23-17-10-21-24-18(25)22-17)6-7-15(16)27-11-13-4-2-3-5-14(13)19/h2-10H,11H2,1H3,(H2,22,23,24,25)/b20-9+. The van der Waals surface area contributed by atoms with Crippen molar-refractivity contribution in [1.82, 2.24) is 15.2 Å². The molecule has 0 bridgehead atoms. The van der Waals surface area contributed by atoms with Crippen LogP contribution in [-0.2, 0) is 6.61 Å². The van der Waals surface area contributed by atoms with Crippen LogP contribution in [0.5, 0.6) is 11.5 Å². The minimum absolute atomic E-state index is 0.0826. The van der Waals surface area contributed by atoms with Crippen LogP contribution in [0.3, 0.4) is 0 Å². The fourth-order valence-electron chi connectivity index (χ4n) is 2.19. The fourth-order valence-corrected chi connectivity index (χ4v) is 2.19. The van der Waals surface area contributed by atoms with E-state index in [2.05, 4.69) is 25.7 Å². The number of benzene rings is 2. The van der Waals surface area contributed by atoms with Crippen molar-refractivity contribution >= 4 is 12.0 Å². The summed E-state index contributed by atoms with van der Waals surface area (Å²) in [6.45, 7) is 0.0826. The predicted octanol–water partition coefficient (Wildman–Crippen LogP) is 2.34. The van der Waals surface area contributed by atoms with Gasteiger partial charge in [-0.05, 0) is 29.8 Å². The van der Waals surface area contributed by atoms with Gasteiger partial charge in [0.2, 0.25) is 0 Å². The van der Waals surface area contributed by atoms with E-state index in [4.69, 9.17) is 9.47 Å². The molecular formula is C18H16FN5O3. The number of hydrazone groups is 1. The second-order valence-electron chi connectivity index (χ2n) is 5.33. The smallest absolute Gasteiger partial charge is 0.363 e. The Morgan fingerprint density at radius 1 is 1.26 bits per heavy atom. The first-order valence-electron chi connectivity index (χ1n) is 7.91. The Balaban J connectivity index is 1.67. The monoisotopic (exact) mass is 369 g/mol. The Labute approximate surface area is 153 Å². The lowest BCUT2D eigenvalue weighted by Gasteiger charge is -2.11. The molecule has 1 aromatic heterocycles. The molecule has 138 valence electrons. The predicted molar refractivity (Wildman–Crippen MR) is 97.6 cm³/mol. The van der Waals surface area contributed by atoms with Crippen LogP contribution >= 0.6 is 0 Å². The van der Waals surface area contributed by atoms with Gasteiger partial charge in [0.05, 0.1) is 19.5 Å². The number of aromatic amines is 1. The van der Waals surface area contributed by atoms with Crippen LogP contribution in [0, 0.1) is 5.82 Å². The van der Waals surface area contributed by atoms with Gasteiger partial charge in [0.15, 0.2) is 17.3 Å². The van der Waals surface area contributed by atoms with Crippen molar-refractivity contribution in [3.8, 4) is 11.5 Å². The molecule has 8 nitrogen and oxygen atoms in total. The molecular weight excluding hydrogens is 353 g/mol. The maximum absolute atomic E-state index is 13.7. The average molecular weight is 369 g/mol. The van der Waals surface area contributed by atoms with Crippen LogP contribution in [0.1, 0.15) is 11.1 Å². The second-order valence-corrected chi connectivity index (χ2v) is 5.33. The van der Waals surface area contributed by atoms with Crippen molar-refractivity contribution in [2.24, 2.45) is 5.10 Å². The van der Waals surface area contributed by atoms with Crippen molar-refractivity contribution in [3.63, 3.8) is 0 Å². The molecule has 3 rings (SSSR count). The highest BCUT2D eigenvalue weighted by atomic mass is 19.1. The summed E-state index contributed by atoms with van der Waals surface area (Å²) in [5.74, 6) is 0.846. The van der Waals surface area contributed by atoms with Gasteiger partial charge in [0, 0.05) is 5.56 Å². The lowest BCUT2D eigenvalue weighted by Crippen LogP contribution is -2.13. The molecule has 27 heavy (non-hydrogen) atoms. The minimum atomic E-state index is -0.576. The van der Waals surface area contributed by atoms with Crippen LogP contribution in [0.2, 0.25) is 0 Å². The minimum Gasteiger partial charge on any atom is -0.493 e. The molecule has 2 N–H and O–H groups in total. The number of aromatic nitrogens is 3. The van der Waals surface area contributed by atoms with E-state index < -0.39 is 5.69 Å². The Hall–Kier alpha value is -3.75. The number of hydrogen-bond acceptors (Lipinski definition) is 7. The third-order valence-electron chi connectivity index (χ3n) is 3.49. The number of nitrogens with zero attached hydrogens (tertiary/aromatic N) is 3. The number of ether oxygens (including phenoxy) is 2. The molecule has 1 heterocycles. The Bertz CT molecular complexity index is 1010. The Morgan fingerprint density at radius 3 is 2.89 bits per heavy atom. The van der Waals surface area contributed by atoms with E-state index >= 15 is 0 Å². The molecule has 0 saturated heterocycles. The van der Waals surface area contributed by atoms with Crippen LogP contribution in [-0.4, -0.2) is 28.5 Å². The quantitative estimate of drug-likeness (QED) is 0.490. The zero-order chi connectivity index (χ0) is 19.1. The lowest BCUT2D eigenvalue weighted by atomic mass is 10.2. The highest BCUT2D eigenvalue weighted by Gasteiger charge is 2.07. The van der Waals surface area contributed by atoms with Crippen molar-refractivity contribution in [3.05, 3.63) is 76.1 Å². The van der Waals surface area contributed by atoms with Gasteiger partial charge in [0.25, 0.3) is 0 Å². The normalized spacial score (nSPS) is 10.7. The summed E-state index contributed by atoms with van der Waals surface area (Å²) in [5, 5.41) is 9.75. The number of halogens is 1. The van der Waals surface area contributed by atoms with E-state index in [0.29, 0.717) is 17.1 Å². The lowest BCUT2D eigenvalue weighted by molar-refractivity contribution is 0.279. The first kappa shape index (κ1) is 18.1. The maximum atomic E-state index is 13.7. The molecule has 0 amide bonds. The zero-order valence-electron chi connectivity index (χ0n) is 14.3. The third-order valence-corrected chi connectivity index (χ3v) is 3.49. The van der Waals surface area contributed by atoms with Gasteiger partial charge in [-0.2, -0.15) is 15.2 Å². The second kappa shape index (κ2) is 8.56. The molecule has 0 aliphatic carbocycles. The van der Waals surface area contributed by atoms with Gasteiger partial charge in [-0.15, -0.1) is 0 Å². The van der Waals surface area contributed by atoms with Gasteiger partial charge in [0.1, 0.15) is 12.4 Å². The van der Waals surface area contributed by atoms with E-state index in [-0.39, 0.29) is 18.2 Å². The van der Waals surface area contributed by atoms with Gasteiger partial charge < -0.3 is 9.47 Å². The summed E-state index contributed by atoms with van der Waals surface area (Å²) < 4.78 is 24.6. The molecule has 0 aliphatic heterocycles. The Kier molecular flexibility index (Phi) is 5.73. The molecule has 0 saturated carbocycles. The SMILES string of the molecule is COc1cc(/C=N/Nc2cn[nH]c(=O)n2)ccc1OCc1ccccc1F. The first-order valence-corrected chi connectivity index (χ1v) is 7.91. The summed E-state index contributed by atoms with van der Waals surface area (Å²) >= 11 is 0. The van der Waals surface area contributed by atoms with Crippen molar-refractivity contribution in [2.75, 3.05) is 12.5 Å². The highest BCUT2D eigenvalue weighted by Crippen LogP contribution is 2.28. The number of rotatable bonds is 7. The van der Waals surface area contributed by atoms with Gasteiger partial charge in [-0.25, -0.2) is 14.3 Å². The summed E-state index contributed by atoms with van der Waals surface area (Å²) in [6, 6.07) is 11.6. The van der Waals surface area contributed by atoms with Gasteiger partial charge in [-0.1, -0.05) is 18.2 Å². The molecule has 2 aromatic carbocycles. The van der Waals surface area contributed by atoms with Crippen molar-refractivity contribution in [1.29, 1.82) is 0 Å². The van der Waals surface area contributed by atoms with Crippen LogP contribution < -0.4 is 20.6 Å². The first-order chi connectivity index (χ1) is 13.2. The molecule has 0 radical (unpaired) electrons. The van der Waals surface area contributed by atoms with Crippen molar-refractivity contribution in [2.45, 2.75) is 6.61 Å². The molecule has 3 aromatic rings. The Morgan fingerprint density at radius 2 is 2.11 bits per heavy atom. The summed E-state index contributed by atoms with van der Waals surface area (Å²) in [5.41, 5.74) is 3.20. The topological polar surface area (TPSA) is 101 Å². The third kappa shape index (κ3) is 4.88. The van der Waals surface area contributed by atoms with E-state index in [1.54, 1.807) is 36.4 Å². The van der Waals surface area contributed by atoms with E-state index in [1.807, 2.05) is 0 Å². The maximum Gasteiger partial charge on any atom is 0.363 e. The van der Waals surface area contributed by atoms with Gasteiger partial charge >= 0.3 is 5.69 Å². The zero-order valence-corrected chi connectivity index (χ0v) is 14.3. The van der Waals surface area contributed by atoms with Crippen LogP contribution in [0.25, 0.3) is 0 Å². The van der Waals surface area contributed by atoms with E-state index in [1.165, 1.54) is 25.6 Å². The van der Waals surface area contributed by atoms with Crippen LogP contribution in [0.4, 0.5) is 10.2 Å². The number of hydrogen-bond donors (Lipinski definition) is 2. The van der Waals surface area contributed by atoms with Crippen LogP contribution in [0.15, 0.2) is 58.6 Å². The number of methoxy groups -OCH3 is 1. The van der Waals surface area contributed by atoms with Crippen molar-refractivity contribution < 1.29 is 13.9 Å². The van der Waals surface area contributed by atoms with E-state index in [9.17, 15) is 9.18 Å². The molecule has 0 aliphatic rings. The summed E-state index contributed by atoms with van der Waals surface area (Å²) in [6.07, 6.45) is 2.85. The highest BCUT2D eigenvalue weighted by molar-refractivity contribution is 5.81.